The fraction of sp³-hybridized carbons (Fsp3) is 0.357. The highest BCUT2D eigenvalue weighted by Crippen LogP contribution is 2.30. The number of nitrogens with zero attached hydrogens (tertiary/aromatic N) is 4. The number of hydrogen-bond acceptors (Lipinski definition) is 5. The molecule has 2 aliphatic heterocycles. The number of carbonyl (C=O) groups excluding carboxylic acids is 3. The van der Waals surface area contributed by atoms with Crippen molar-refractivity contribution in [3.63, 3.8) is 0 Å². The predicted octanol–water partition coefficient (Wildman–Crippen LogP) is 3.90. The van der Waals surface area contributed by atoms with Crippen molar-refractivity contribution in [3.8, 4) is 0 Å². The van der Waals surface area contributed by atoms with Gasteiger partial charge in [-0.15, -0.1) is 0 Å². The van der Waals surface area contributed by atoms with E-state index in [9.17, 15) is 14.4 Å². The molecule has 35 heavy (non-hydrogen) atoms. The summed E-state index contributed by atoms with van der Waals surface area (Å²) in [6.07, 6.45) is 0.685. The van der Waals surface area contributed by atoms with E-state index in [4.69, 9.17) is 4.98 Å². The van der Waals surface area contributed by atoms with Gasteiger partial charge in [0, 0.05) is 31.6 Å². The van der Waals surface area contributed by atoms with E-state index in [2.05, 4.69) is 24.0 Å². The molecule has 7 heteroatoms. The Morgan fingerprint density at radius 1 is 0.943 bits per heavy atom. The number of rotatable bonds is 5. The number of carbonyl (C=O) groups is 3. The van der Waals surface area contributed by atoms with Crippen LogP contribution in [0, 0.1) is 12.8 Å². The fourth-order valence-corrected chi connectivity index (χ4v) is 5.13. The lowest BCUT2D eigenvalue weighted by molar-refractivity contribution is -0.137. The van der Waals surface area contributed by atoms with Gasteiger partial charge >= 0.3 is 0 Å². The van der Waals surface area contributed by atoms with Crippen molar-refractivity contribution in [1.29, 1.82) is 0 Å². The number of pyridine rings is 1. The number of imide groups is 1. The van der Waals surface area contributed by atoms with E-state index in [1.807, 2.05) is 32.0 Å². The number of aromatic nitrogens is 1. The van der Waals surface area contributed by atoms with Gasteiger partial charge in [0.15, 0.2) is 0 Å². The third-order valence-electron chi connectivity index (χ3n) is 7.36. The van der Waals surface area contributed by atoms with Crippen molar-refractivity contribution >= 4 is 34.4 Å². The van der Waals surface area contributed by atoms with Crippen molar-refractivity contribution in [3.05, 3.63) is 71.3 Å². The van der Waals surface area contributed by atoms with Crippen LogP contribution in [0.2, 0.25) is 0 Å². The average molecular weight is 471 g/mol. The minimum Gasteiger partial charge on any atom is -0.353 e. The molecule has 2 atom stereocenters. The maximum absolute atomic E-state index is 13.7. The number of anilines is 1. The fourth-order valence-electron chi connectivity index (χ4n) is 5.13. The summed E-state index contributed by atoms with van der Waals surface area (Å²) in [7, 11) is 0. The summed E-state index contributed by atoms with van der Waals surface area (Å²) in [5, 5.41) is 1.14. The standard InChI is InChI=1S/C28H30N4O3/c1-4-18(2)25(32-26(33)21-10-5-6-11-22(21)27(32)34)28(35)31-15-13-30(14-16-31)24-17-19(3)20-9-7-8-12-23(20)29-24/h5-12,17-18,25H,4,13-16H2,1-3H3. The van der Waals surface area contributed by atoms with Crippen LogP contribution < -0.4 is 4.90 Å². The molecule has 0 radical (unpaired) electrons. The van der Waals surface area contributed by atoms with E-state index >= 15 is 0 Å². The molecule has 1 fully saturated rings. The van der Waals surface area contributed by atoms with Crippen LogP contribution >= 0.6 is 0 Å². The summed E-state index contributed by atoms with van der Waals surface area (Å²) in [6.45, 7) is 8.33. The van der Waals surface area contributed by atoms with Crippen LogP contribution in [0.4, 0.5) is 5.82 Å². The van der Waals surface area contributed by atoms with Gasteiger partial charge in [0.25, 0.3) is 11.8 Å². The second-order valence-corrected chi connectivity index (χ2v) is 9.48. The van der Waals surface area contributed by atoms with Gasteiger partial charge in [0.05, 0.1) is 16.6 Å². The van der Waals surface area contributed by atoms with Gasteiger partial charge in [-0.3, -0.25) is 19.3 Å². The molecule has 7 nitrogen and oxygen atoms in total. The number of hydrogen-bond donors (Lipinski definition) is 0. The molecule has 0 bridgehead atoms. The van der Waals surface area contributed by atoms with Gasteiger partial charge in [0.1, 0.15) is 11.9 Å². The number of piperazine rings is 1. The van der Waals surface area contributed by atoms with Gasteiger partial charge in [-0.2, -0.15) is 0 Å². The Labute approximate surface area is 205 Å². The number of amides is 3. The van der Waals surface area contributed by atoms with Gasteiger partial charge < -0.3 is 9.80 Å². The van der Waals surface area contributed by atoms with Crippen LogP contribution in [0.5, 0.6) is 0 Å². The molecule has 1 aromatic heterocycles. The van der Waals surface area contributed by atoms with E-state index in [0.29, 0.717) is 43.7 Å². The Morgan fingerprint density at radius 3 is 2.17 bits per heavy atom. The van der Waals surface area contributed by atoms with Crippen molar-refractivity contribution in [1.82, 2.24) is 14.8 Å². The topological polar surface area (TPSA) is 73.8 Å². The molecule has 180 valence electrons. The monoisotopic (exact) mass is 470 g/mol. The van der Waals surface area contributed by atoms with Crippen molar-refractivity contribution < 1.29 is 14.4 Å². The summed E-state index contributed by atoms with van der Waals surface area (Å²) in [5.41, 5.74) is 2.89. The minimum atomic E-state index is -0.806. The van der Waals surface area contributed by atoms with Crippen LogP contribution in [-0.2, 0) is 4.79 Å². The van der Waals surface area contributed by atoms with Gasteiger partial charge in [-0.05, 0) is 42.7 Å². The highest BCUT2D eigenvalue weighted by molar-refractivity contribution is 6.22. The van der Waals surface area contributed by atoms with Gasteiger partial charge in [0.2, 0.25) is 5.91 Å². The Kier molecular flexibility index (Phi) is 6.01. The normalized spacial score (nSPS) is 17.6. The summed E-state index contributed by atoms with van der Waals surface area (Å²) in [5.74, 6) is -0.145. The molecule has 3 heterocycles. The van der Waals surface area contributed by atoms with E-state index < -0.39 is 6.04 Å². The Bertz CT molecular complexity index is 1280. The Hall–Kier alpha value is -3.74. The molecule has 2 aliphatic rings. The maximum atomic E-state index is 13.7. The van der Waals surface area contributed by atoms with Crippen LogP contribution in [0.15, 0.2) is 54.6 Å². The molecule has 1 saturated heterocycles. The number of benzene rings is 2. The molecule has 0 saturated carbocycles. The van der Waals surface area contributed by atoms with E-state index in [1.54, 1.807) is 29.2 Å². The number of aryl methyl sites for hydroxylation is 1. The lowest BCUT2D eigenvalue weighted by Gasteiger charge is -2.39. The van der Waals surface area contributed by atoms with Crippen LogP contribution in [0.3, 0.4) is 0 Å². The van der Waals surface area contributed by atoms with Crippen LogP contribution in [-0.4, -0.2) is 64.7 Å². The maximum Gasteiger partial charge on any atom is 0.262 e. The molecule has 5 rings (SSSR count). The predicted molar refractivity (Wildman–Crippen MR) is 135 cm³/mol. The molecule has 3 aromatic rings. The van der Waals surface area contributed by atoms with Crippen LogP contribution in [0.1, 0.15) is 46.5 Å². The molecule has 2 aromatic carbocycles. The van der Waals surface area contributed by atoms with E-state index in [0.717, 1.165) is 16.7 Å². The Balaban J connectivity index is 1.35. The van der Waals surface area contributed by atoms with Crippen LogP contribution in [0.25, 0.3) is 10.9 Å². The smallest absolute Gasteiger partial charge is 0.262 e. The second kappa shape index (κ2) is 9.13. The largest absolute Gasteiger partial charge is 0.353 e. The molecular weight excluding hydrogens is 440 g/mol. The number of fused-ring (bicyclic) bond motifs is 2. The SMILES string of the molecule is CCC(C)C(C(=O)N1CCN(c2cc(C)c3ccccc3n2)CC1)N1C(=O)c2ccccc2C1=O. The summed E-state index contributed by atoms with van der Waals surface area (Å²) >= 11 is 0. The molecule has 0 spiro atoms. The third kappa shape index (κ3) is 3.95. The van der Waals surface area contributed by atoms with Crippen molar-refractivity contribution in [2.75, 3.05) is 31.1 Å². The first-order chi connectivity index (χ1) is 16.9. The zero-order valence-corrected chi connectivity index (χ0v) is 20.4. The quantitative estimate of drug-likeness (QED) is 0.529. The van der Waals surface area contributed by atoms with Gasteiger partial charge in [-0.25, -0.2) is 4.98 Å². The molecule has 3 amide bonds. The first-order valence-corrected chi connectivity index (χ1v) is 12.3. The highest BCUT2D eigenvalue weighted by Gasteiger charge is 2.46. The molecule has 0 aliphatic carbocycles. The number of para-hydroxylation sites is 1. The highest BCUT2D eigenvalue weighted by atomic mass is 16.2. The summed E-state index contributed by atoms with van der Waals surface area (Å²) in [6, 6.07) is 16.2. The van der Waals surface area contributed by atoms with Crippen molar-refractivity contribution in [2.24, 2.45) is 5.92 Å². The Morgan fingerprint density at radius 2 is 1.54 bits per heavy atom. The zero-order valence-electron chi connectivity index (χ0n) is 20.4. The molecular formula is C28H30N4O3. The zero-order chi connectivity index (χ0) is 24.7. The summed E-state index contributed by atoms with van der Waals surface area (Å²) < 4.78 is 0. The molecule has 2 unspecified atom stereocenters. The van der Waals surface area contributed by atoms with Crippen molar-refractivity contribution in [2.45, 2.75) is 33.2 Å². The lowest BCUT2D eigenvalue weighted by Crippen LogP contribution is -2.58. The van der Waals surface area contributed by atoms with E-state index in [-0.39, 0.29) is 23.6 Å². The summed E-state index contributed by atoms with van der Waals surface area (Å²) in [4.78, 5) is 50.1. The average Bonchev–Trinajstić information content (AvgIpc) is 3.14. The van der Waals surface area contributed by atoms with E-state index in [1.165, 1.54) is 10.5 Å². The molecule has 0 N–H and O–H groups in total. The third-order valence-corrected chi connectivity index (χ3v) is 7.36. The minimum absolute atomic E-state index is 0.146. The second-order valence-electron chi connectivity index (χ2n) is 9.48. The lowest BCUT2D eigenvalue weighted by atomic mass is 9.95. The first kappa shape index (κ1) is 23.0. The first-order valence-electron chi connectivity index (χ1n) is 12.3. The van der Waals surface area contributed by atoms with Gasteiger partial charge in [-0.1, -0.05) is 50.6 Å².